The van der Waals surface area contributed by atoms with Gasteiger partial charge in [0.1, 0.15) is 16.3 Å². The lowest BCUT2D eigenvalue weighted by molar-refractivity contribution is -0.118. The molecule has 0 spiro atoms. The minimum Gasteiger partial charge on any atom is -0.497 e. The van der Waals surface area contributed by atoms with Crippen molar-refractivity contribution in [3.05, 3.63) is 74.8 Å². The summed E-state index contributed by atoms with van der Waals surface area (Å²) in [6.07, 6.45) is 2.58. The number of amides is 1. The third-order valence-electron chi connectivity index (χ3n) is 6.70. The standard InChI is InChI=1S/C30H29NO7S/c1-4-36-30(34)25-21-14-9-17(2)15-23(21)39-29(25)31-24(32)16-37-28-26(33)20-7-5-6-8-22(20)38-27(28)18-10-12-19(35-3)13-11-18/h5-8,10-13,17H,4,9,14-16H2,1-3H3,(H,31,32). The third-order valence-corrected chi connectivity index (χ3v) is 7.87. The van der Waals surface area contributed by atoms with Crippen molar-refractivity contribution in [2.24, 2.45) is 5.92 Å². The van der Waals surface area contributed by atoms with E-state index in [4.69, 9.17) is 18.6 Å². The third kappa shape index (κ3) is 5.40. The maximum atomic E-state index is 13.4. The summed E-state index contributed by atoms with van der Waals surface area (Å²) in [7, 11) is 1.57. The van der Waals surface area contributed by atoms with Crippen molar-refractivity contribution in [1.82, 2.24) is 0 Å². The van der Waals surface area contributed by atoms with E-state index in [1.54, 1.807) is 62.6 Å². The zero-order chi connectivity index (χ0) is 27.5. The quantitative estimate of drug-likeness (QED) is 0.276. The summed E-state index contributed by atoms with van der Waals surface area (Å²) in [5.74, 6) is 0.342. The second-order valence-electron chi connectivity index (χ2n) is 9.43. The molecule has 2 aromatic heterocycles. The number of nitrogens with one attached hydrogen (secondary N) is 1. The molecule has 9 heteroatoms. The van der Waals surface area contributed by atoms with E-state index in [-0.39, 0.29) is 23.5 Å². The van der Waals surface area contributed by atoms with Gasteiger partial charge in [-0.05, 0) is 74.1 Å². The Morgan fingerprint density at radius 3 is 2.64 bits per heavy atom. The van der Waals surface area contributed by atoms with E-state index in [1.165, 1.54) is 11.3 Å². The van der Waals surface area contributed by atoms with E-state index in [0.717, 1.165) is 29.7 Å². The fourth-order valence-electron chi connectivity index (χ4n) is 4.75. The zero-order valence-corrected chi connectivity index (χ0v) is 22.8. The number of para-hydroxylation sites is 1. The molecule has 202 valence electrons. The SMILES string of the molecule is CCOC(=O)c1c(NC(=O)COc2c(-c3ccc(OC)cc3)oc3ccccc3c2=O)sc2c1CCC(C)C2. The highest BCUT2D eigenvalue weighted by Gasteiger charge is 2.29. The number of hydrogen-bond acceptors (Lipinski definition) is 8. The number of thiophene rings is 1. The van der Waals surface area contributed by atoms with Crippen molar-refractivity contribution in [3.63, 3.8) is 0 Å². The lowest BCUT2D eigenvalue weighted by Crippen LogP contribution is -2.23. The number of ether oxygens (including phenoxy) is 3. The van der Waals surface area contributed by atoms with E-state index in [9.17, 15) is 14.4 Å². The molecule has 0 radical (unpaired) electrons. The van der Waals surface area contributed by atoms with Crippen LogP contribution < -0.4 is 20.2 Å². The lowest BCUT2D eigenvalue weighted by Gasteiger charge is -2.18. The molecule has 2 heterocycles. The maximum absolute atomic E-state index is 13.4. The Morgan fingerprint density at radius 2 is 1.90 bits per heavy atom. The van der Waals surface area contributed by atoms with Crippen LogP contribution in [-0.2, 0) is 22.4 Å². The monoisotopic (exact) mass is 547 g/mol. The molecule has 0 saturated heterocycles. The first-order valence-electron chi connectivity index (χ1n) is 12.8. The molecule has 5 rings (SSSR count). The molecule has 1 N–H and O–H groups in total. The van der Waals surface area contributed by atoms with Crippen LogP contribution in [-0.4, -0.2) is 32.2 Å². The summed E-state index contributed by atoms with van der Waals surface area (Å²) in [6, 6.07) is 13.9. The first-order valence-corrected chi connectivity index (χ1v) is 13.7. The van der Waals surface area contributed by atoms with Crippen LogP contribution in [0.4, 0.5) is 5.00 Å². The molecule has 1 aliphatic rings. The number of esters is 1. The van der Waals surface area contributed by atoms with Crippen LogP contribution in [0.3, 0.4) is 0 Å². The highest BCUT2D eigenvalue weighted by molar-refractivity contribution is 7.17. The fourth-order valence-corrected chi connectivity index (χ4v) is 6.16. The van der Waals surface area contributed by atoms with E-state index < -0.39 is 18.5 Å². The van der Waals surface area contributed by atoms with Crippen LogP contribution in [0, 0.1) is 5.92 Å². The van der Waals surface area contributed by atoms with Crippen molar-refractivity contribution < 1.29 is 28.2 Å². The first kappa shape index (κ1) is 26.5. The highest BCUT2D eigenvalue weighted by Crippen LogP contribution is 2.40. The predicted molar refractivity (Wildman–Crippen MR) is 150 cm³/mol. The van der Waals surface area contributed by atoms with Crippen LogP contribution in [0.25, 0.3) is 22.3 Å². The van der Waals surface area contributed by atoms with Gasteiger partial charge in [-0.3, -0.25) is 9.59 Å². The van der Waals surface area contributed by atoms with E-state index in [1.807, 2.05) is 0 Å². The number of benzene rings is 2. The second-order valence-corrected chi connectivity index (χ2v) is 10.5. The van der Waals surface area contributed by atoms with Crippen molar-refractivity contribution in [2.75, 3.05) is 25.6 Å². The Hall–Kier alpha value is -4.11. The van der Waals surface area contributed by atoms with Crippen molar-refractivity contribution >= 4 is 39.2 Å². The lowest BCUT2D eigenvalue weighted by atomic mass is 9.88. The molecule has 8 nitrogen and oxygen atoms in total. The van der Waals surface area contributed by atoms with Gasteiger partial charge in [0.05, 0.1) is 24.7 Å². The number of anilines is 1. The molecule has 1 aliphatic carbocycles. The number of methoxy groups -OCH3 is 1. The van der Waals surface area contributed by atoms with Gasteiger partial charge >= 0.3 is 5.97 Å². The minimum atomic E-state index is -0.500. The topological polar surface area (TPSA) is 104 Å². The molecule has 0 saturated carbocycles. The Morgan fingerprint density at radius 1 is 1.13 bits per heavy atom. The Bertz CT molecular complexity index is 1590. The van der Waals surface area contributed by atoms with Crippen molar-refractivity contribution in [3.8, 4) is 22.8 Å². The number of carbonyl (C=O) groups is 2. The van der Waals surface area contributed by atoms with Gasteiger partial charge in [-0.25, -0.2) is 4.79 Å². The summed E-state index contributed by atoms with van der Waals surface area (Å²) in [5.41, 5.74) is 1.98. The van der Waals surface area contributed by atoms with Crippen LogP contribution in [0.5, 0.6) is 11.5 Å². The summed E-state index contributed by atoms with van der Waals surface area (Å²) in [4.78, 5) is 40.4. The number of carbonyl (C=O) groups excluding carboxylic acids is 2. The molecule has 0 aliphatic heterocycles. The smallest absolute Gasteiger partial charge is 0.341 e. The van der Waals surface area contributed by atoms with E-state index >= 15 is 0 Å². The number of rotatable bonds is 8. The molecule has 0 bridgehead atoms. The van der Waals surface area contributed by atoms with Gasteiger partial charge in [0.15, 0.2) is 12.4 Å². The van der Waals surface area contributed by atoms with Crippen LogP contribution in [0.1, 0.15) is 41.1 Å². The molecule has 2 aromatic carbocycles. The molecular weight excluding hydrogens is 518 g/mol. The Kier molecular flexibility index (Phi) is 7.70. The summed E-state index contributed by atoms with van der Waals surface area (Å²) < 4.78 is 22.4. The van der Waals surface area contributed by atoms with E-state index in [2.05, 4.69) is 12.2 Å². The molecule has 39 heavy (non-hydrogen) atoms. The molecule has 1 amide bonds. The summed E-state index contributed by atoms with van der Waals surface area (Å²) in [6.45, 7) is 3.71. The van der Waals surface area contributed by atoms with Gasteiger partial charge in [-0.15, -0.1) is 11.3 Å². The number of hydrogen-bond donors (Lipinski definition) is 1. The maximum Gasteiger partial charge on any atom is 0.341 e. The fraction of sp³-hybridized carbons (Fsp3) is 0.300. The molecule has 1 atom stereocenters. The second kappa shape index (κ2) is 11.3. The first-order chi connectivity index (χ1) is 18.9. The van der Waals surface area contributed by atoms with Crippen LogP contribution >= 0.6 is 11.3 Å². The number of fused-ring (bicyclic) bond motifs is 2. The van der Waals surface area contributed by atoms with E-state index in [0.29, 0.717) is 38.8 Å². The van der Waals surface area contributed by atoms with Crippen molar-refractivity contribution in [2.45, 2.75) is 33.1 Å². The van der Waals surface area contributed by atoms with Gasteiger partial charge in [-0.1, -0.05) is 19.1 Å². The minimum absolute atomic E-state index is 0.0704. The molecule has 4 aromatic rings. The Balaban J connectivity index is 1.44. The molecule has 0 fully saturated rings. The van der Waals surface area contributed by atoms with Gasteiger partial charge < -0.3 is 23.9 Å². The molecule has 1 unspecified atom stereocenters. The van der Waals surface area contributed by atoms with Gasteiger partial charge in [0.2, 0.25) is 11.2 Å². The zero-order valence-electron chi connectivity index (χ0n) is 22.0. The van der Waals surface area contributed by atoms with Gasteiger partial charge in [0, 0.05) is 10.4 Å². The summed E-state index contributed by atoms with van der Waals surface area (Å²) >= 11 is 1.40. The molecular formula is C30H29NO7S. The van der Waals surface area contributed by atoms with Crippen LogP contribution in [0.2, 0.25) is 0 Å². The average Bonchev–Trinajstić information content (AvgIpc) is 3.29. The van der Waals surface area contributed by atoms with Gasteiger partial charge in [0.25, 0.3) is 5.91 Å². The summed E-state index contributed by atoms with van der Waals surface area (Å²) in [5, 5.41) is 3.62. The average molecular weight is 548 g/mol. The largest absolute Gasteiger partial charge is 0.497 e. The van der Waals surface area contributed by atoms with Gasteiger partial charge in [-0.2, -0.15) is 0 Å². The normalized spacial score (nSPS) is 14.5. The Labute approximate surface area is 229 Å². The highest BCUT2D eigenvalue weighted by atomic mass is 32.1. The van der Waals surface area contributed by atoms with Crippen molar-refractivity contribution in [1.29, 1.82) is 0 Å². The van der Waals surface area contributed by atoms with Crippen LogP contribution in [0.15, 0.2) is 57.7 Å². The predicted octanol–water partition coefficient (Wildman–Crippen LogP) is 5.85.